The van der Waals surface area contributed by atoms with Gasteiger partial charge in [0, 0.05) is 27.4 Å². The van der Waals surface area contributed by atoms with Crippen LogP contribution in [-0.4, -0.2) is 13.0 Å². The molecule has 0 aromatic heterocycles. The van der Waals surface area contributed by atoms with Gasteiger partial charge in [-0.3, -0.25) is 4.79 Å². The maximum absolute atomic E-state index is 12.3. The summed E-state index contributed by atoms with van der Waals surface area (Å²) in [6.07, 6.45) is 1.85. The number of carbonyl (C=O) groups excluding carboxylic acids is 1. The van der Waals surface area contributed by atoms with Gasteiger partial charge in [0.1, 0.15) is 6.61 Å². The van der Waals surface area contributed by atoms with Crippen LogP contribution in [0.1, 0.15) is 16.7 Å². The van der Waals surface area contributed by atoms with E-state index in [0.717, 1.165) is 22.4 Å². The van der Waals surface area contributed by atoms with Crippen molar-refractivity contribution in [3.8, 4) is 11.5 Å². The first kappa shape index (κ1) is 18.1. The van der Waals surface area contributed by atoms with E-state index in [9.17, 15) is 4.79 Å². The van der Waals surface area contributed by atoms with Crippen LogP contribution in [-0.2, 0) is 11.4 Å². The van der Waals surface area contributed by atoms with Crippen LogP contribution in [0.3, 0.4) is 0 Å². The Morgan fingerprint density at radius 3 is 2.61 bits per heavy atom. The minimum absolute atomic E-state index is 0.112. The molecule has 0 saturated heterocycles. The van der Waals surface area contributed by atoms with Crippen LogP contribution < -0.4 is 14.8 Å². The minimum atomic E-state index is -0.112. The molecule has 0 aliphatic carbocycles. The largest absolute Gasteiger partial charge is 0.493 e. The van der Waals surface area contributed by atoms with Gasteiger partial charge >= 0.3 is 0 Å². The Bertz CT molecular complexity index is 1070. The predicted molar refractivity (Wildman–Crippen MR) is 112 cm³/mol. The molecule has 1 heterocycles. The van der Waals surface area contributed by atoms with Crippen molar-refractivity contribution in [2.24, 2.45) is 0 Å². The van der Waals surface area contributed by atoms with E-state index in [-0.39, 0.29) is 5.91 Å². The fourth-order valence-corrected chi connectivity index (χ4v) is 3.30. The van der Waals surface area contributed by atoms with Crippen LogP contribution >= 0.6 is 11.6 Å². The lowest BCUT2D eigenvalue weighted by molar-refractivity contribution is -0.110. The highest BCUT2D eigenvalue weighted by atomic mass is 35.5. The first-order valence-electron chi connectivity index (χ1n) is 8.82. The van der Waals surface area contributed by atoms with E-state index in [1.165, 1.54) is 0 Å². The standard InChI is InChI=1S/C23H18ClNO3/c1-27-22-13-15(12-18-17-7-3-5-9-20(17)25-23(18)26)10-11-21(22)28-14-16-6-2-4-8-19(16)24/h2-13H,14H2,1H3,(H,25,26)/b18-12-. The number of para-hydroxylation sites is 1. The maximum Gasteiger partial charge on any atom is 0.256 e. The summed E-state index contributed by atoms with van der Waals surface area (Å²) in [7, 11) is 1.59. The van der Waals surface area contributed by atoms with E-state index in [1.807, 2.05) is 72.8 Å². The van der Waals surface area contributed by atoms with Crippen molar-refractivity contribution in [3.05, 3.63) is 88.4 Å². The van der Waals surface area contributed by atoms with Crippen molar-refractivity contribution >= 4 is 34.8 Å². The van der Waals surface area contributed by atoms with Crippen molar-refractivity contribution in [1.29, 1.82) is 0 Å². The number of carbonyl (C=O) groups is 1. The van der Waals surface area contributed by atoms with Crippen molar-refractivity contribution in [3.63, 3.8) is 0 Å². The number of methoxy groups -OCH3 is 1. The molecule has 0 spiro atoms. The monoisotopic (exact) mass is 391 g/mol. The summed E-state index contributed by atoms with van der Waals surface area (Å²) >= 11 is 6.18. The van der Waals surface area contributed by atoms with Crippen molar-refractivity contribution in [1.82, 2.24) is 0 Å². The molecular weight excluding hydrogens is 374 g/mol. The van der Waals surface area contributed by atoms with Gasteiger partial charge in [-0.1, -0.05) is 54.1 Å². The second-order valence-corrected chi connectivity index (χ2v) is 6.76. The van der Waals surface area contributed by atoms with E-state index < -0.39 is 0 Å². The molecule has 140 valence electrons. The zero-order chi connectivity index (χ0) is 19.5. The third-order valence-electron chi connectivity index (χ3n) is 4.55. The van der Waals surface area contributed by atoms with Gasteiger partial charge in [-0.05, 0) is 35.9 Å². The van der Waals surface area contributed by atoms with Gasteiger partial charge in [0.25, 0.3) is 5.91 Å². The SMILES string of the molecule is COc1cc(/C=C2\C(=O)Nc3ccccc32)ccc1OCc1ccccc1Cl. The Balaban J connectivity index is 1.59. The van der Waals surface area contributed by atoms with Crippen LogP contribution in [0.25, 0.3) is 11.6 Å². The lowest BCUT2D eigenvalue weighted by atomic mass is 10.0. The van der Waals surface area contributed by atoms with Gasteiger partial charge in [0.15, 0.2) is 11.5 Å². The van der Waals surface area contributed by atoms with Crippen LogP contribution in [0.4, 0.5) is 5.69 Å². The summed E-state index contributed by atoms with van der Waals surface area (Å²) in [6, 6.07) is 20.8. The highest BCUT2D eigenvalue weighted by molar-refractivity contribution is 6.34. The molecule has 5 heteroatoms. The van der Waals surface area contributed by atoms with E-state index >= 15 is 0 Å². The quantitative estimate of drug-likeness (QED) is 0.591. The molecule has 4 rings (SSSR count). The second-order valence-electron chi connectivity index (χ2n) is 6.35. The zero-order valence-electron chi connectivity index (χ0n) is 15.2. The van der Waals surface area contributed by atoms with Gasteiger partial charge < -0.3 is 14.8 Å². The Labute approximate surface area is 168 Å². The fourth-order valence-electron chi connectivity index (χ4n) is 3.11. The Hall–Kier alpha value is -3.24. The highest BCUT2D eigenvalue weighted by Crippen LogP contribution is 2.35. The summed E-state index contributed by atoms with van der Waals surface area (Å²) in [5.74, 6) is 1.09. The lowest BCUT2D eigenvalue weighted by Gasteiger charge is -2.12. The summed E-state index contributed by atoms with van der Waals surface area (Å²) in [6.45, 7) is 0.340. The number of hydrogen-bond acceptors (Lipinski definition) is 3. The van der Waals surface area contributed by atoms with Crippen LogP contribution in [0.5, 0.6) is 11.5 Å². The van der Waals surface area contributed by atoms with Crippen molar-refractivity contribution in [2.75, 3.05) is 12.4 Å². The molecule has 0 atom stereocenters. The molecule has 0 saturated carbocycles. The van der Waals surface area contributed by atoms with E-state index in [0.29, 0.717) is 28.7 Å². The van der Waals surface area contributed by atoms with Crippen LogP contribution in [0.2, 0.25) is 5.02 Å². The maximum atomic E-state index is 12.3. The molecule has 28 heavy (non-hydrogen) atoms. The van der Waals surface area contributed by atoms with Gasteiger partial charge in [-0.25, -0.2) is 0 Å². The third-order valence-corrected chi connectivity index (χ3v) is 4.92. The smallest absolute Gasteiger partial charge is 0.256 e. The van der Waals surface area contributed by atoms with E-state index in [1.54, 1.807) is 7.11 Å². The van der Waals surface area contributed by atoms with Gasteiger partial charge in [-0.15, -0.1) is 0 Å². The summed E-state index contributed by atoms with van der Waals surface area (Å²) in [5.41, 5.74) is 4.10. The number of benzene rings is 3. The molecule has 1 aliphatic rings. The Kier molecular flexibility index (Phi) is 5.04. The molecule has 1 N–H and O–H groups in total. The number of fused-ring (bicyclic) bond motifs is 1. The molecule has 0 unspecified atom stereocenters. The number of amides is 1. The zero-order valence-corrected chi connectivity index (χ0v) is 16.0. The average Bonchev–Trinajstić information content (AvgIpc) is 3.03. The van der Waals surface area contributed by atoms with Gasteiger partial charge in [0.2, 0.25) is 0 Å². The number of anilines is 1. The topological polar surface area (TPSA) is 47.6 Å². The summed E-state index contributed by atoms with van der Waals surface area (Å²) < 4.78 is 11.4. The third kappa shape index (κ3) is 3.59. The predicted octanol–water partition coefficient (Wildman–Crippen LogP) is 5.42. The number of nitrogens with one attached hydrogen (secondary N) is 1. The van der Waals surface area contributed by atoms with E-state index in [4.69, 9.17) is 21.1 Å². The van der Waals surface area contributed by atoms with Crippen molar-refractivity contribution in [2.45, 2.75) is 6.61 Å². The first-order valence-corrected chi connectivity index (χ1v) is 9.20. The van der Waals surface area contributed by atoms with E-state index in [2.05, 4.69) is 5.32 Å². The lowest BCUT2D eigenvalue weighted by Crippen LogP contribution is -2.03. The highest BCUT2D eigenvalue weighted by Gasteiger charge is 2.23. The Morgan fingerprint density at radius 2 is 1.79 bits per heavy atom. The number of ether oxygens (including phenoxy) is 2. The number of rotatable bonds is 5. The molecule has 0 bridgehead atoms. The summed E-state index contributed by atoms with van der Waals surface area (Å²) in [5, 5.41) is 3.54. The molecule has 3 aromatic carbocycles. The molecule has 3 aromatic rings. The first-order chi connectivity index (χ1) is 13.7. The van der Waals surface area contributed by atoms with Gasteiger partial charge in [-0.2, -0.15) is 0 Å². The molecule has 0 radical (unpaired) electrons. The summed E-state index contributed by atoms with van der Waals surface area (Å²) in [4.78, 5) is 12.3. The molecule has 1 aliphatic heterocycles. The van der Waals surface area contributed by atoms with Crippen LogP contribution in [0.15, 0.2) is 66.7 Å². The molecule has 1 amide bonds. The molecule has 4 nitrogen and oxygen atoms in total. The van der Waals surface area contributed by atoms with Crippen LogP contribution in [0, 0.1) is 0 Å². The van der Waals surface area contributed by atoms with Crippen molar-refractivity contribution < 1.29 is 14.3 Å². The normalized spacial score (nSPS) is 13.9. The molecular formula is C23H18ClNO3. The number of halogens is 1. The van der Waals surface area contributed by atoms with Gasteiger partial charge in [0.05, 0.1) is 7.11 Å². The average molecular weight is 392 g/mol. The number of hydrogen-bond donors (Lipinski definition) is 1. The minimum Gasteiger partial charge on any atom is -0.493 e. The molecule has 0 fully saturated rings. The Morgan fingerprint density at radius 1 is 1.00 bits per heavy atom. The second kappa shape index (κ2) is 7.79. The fraction of sp³-hybridized carbons (Fsp3) is 0.0870.